The average molecular weight is 545 g/mol. The number of para-hydroxylation sites is 1. The molecule has 0 saturated carbocycles. The Hall–Kier alpha value is -3.13. The molecular weight excluding hydrogens is 529 g/mol. The number of aryl methyl sites for hydroxylation is 1. The van der Waals surface area contributed by atoms with Crippen LogP contribution in [0.2, 0.25) is 5.02 Å². The molecular formula is C24H16BrCl2N3O3. The van der Waals surface area contributed by atoms with Crippen molar-refractivity contribution < 1.29 is 14.4 Å². The molecule has 0 fully saturated rings. The Morgan fingerprint density at radius 1 is 0.939 bits per heavy atom. The fourth-order valence-corrected chi connectivity index (χ4v) is 4.06. The van der Waals surface area contributed by atoms with E-state index in [2.05, 4.69) is 26.6 Å². The SMILES string of the molecule is Cc1ccc(Cl)cc1N1C(=O)C(Cl)=C(Nc2cccc(C(=O)Nc3ccccc3Br)c2)C1=O. The van der Waals surface area contributed by atoms with Gasteiger partial charge in [-0.25, -0.2) is 4.90 Å². The van der Waals surface area contributed by atoms with Crippen LogP contribution in [0.5, 0.6) is 0 Å². The lowest BCUT2D eigenvalue weighted by atomic mass is 10.1. The van der Waals surface area contributed by atoms with Crippen LogP contribution in [0.1, 0.15) is 15.9 Å². The van der Waals surface area contributed by atoms with Gasteiger partial charge < -0.3 is 10.6 Å². The number of carbonyl (C=O) groups excluding carboxylic acids is 3. The zero-order chi connectivity index (χ0) is 23.7. The molecule has 1 aliphatic rings. The maximum Gasteiger partial charge on any atom is 0.283 e. The Morgan fingerprint density at radius 3 is 2.45 bits per heavy atom. The Morgan fingerprint density at radius 2 is 1.70 bits per heavy atom. The number of nitrogens with one attached hydrogen (secondary N) is 2. The van der Waals surface area contributed by atoms with E-state index in [-0.39, 0.29) is 16.6 Å². The van der Waals surface area contributed by atoms with Gasteiger partial charge in [0.05, 0.1) is 11.4 Å². The third kappa shape index (κ3) is 4.66. The van der Waals surface area contributed by atoms with Crippen molar-refractivity contribution in [3.05, 3.63) is 98.1 Å². The number of imide groups is 1. The van der Waals surface area contributed by atoms with E-state index >= 15 is 0 Å². The monoisotopic (exact) mass is 543 g/mol. The van der Waals surface area contributed by atoms with Crippen LogP contribution in [0, 0.1) is 6.92 Å². The molecule has 166 valence electrons. The first-order valence-corrected chi connectivity index (χ1v) is 11.3. The molecule has 0 saturated heterocycles. The minimum atomic E-state index is -0.655. The van der Waals surface area contributed by atoms with Crippen LogP contribution in [0.3, 0.4) is 0 Å². The van der Waals surface area contributed by atoms with E-state index < -0.39 is 11.8 Å². The van der Waals surface area contributed by atoms with Crippen LogP contribution in [-0.4, -0.2) is 17.7 Å². The predicted octanol–water partition coefficient (Wildman–Crippen LogP) is 6.10. The van der Waals surface area contributed by atoms with Crippen molar-refractivity contribution in [2.24, 2.45) is 0 Å². The van der Waals surface area contributed by atoms with Crippen LogP contribution in [-0.2, 0) is 9.59 Å². The van der Waals surface area contributed by atoms with Crippen LogP contribution >= 0.6 is 39.1 Å². The van der Waals surface area contributed by atoms with Gasteiger partial charge in [0, 0.05) is 20.7 Å². The smallest absolute Gasteiger partial charge is 0.283 e. The fraction of sp³-hybridized carbons (Fsp3) is 0.0417. The lowest BCUT2D eigenvalue weighted by molar-refractivity contribution is -0.120. The van der Waals surface area contributed by atoms with Gasteiger partial charge in [-0.2, -0.15) is 0 Å². The molecule has 9 heteroatoms. The van der Waals surface area contributed by atoms with Gasteiger partial charge >= 0.3 is 0 Å². The zero-order valence-electron chi connectivity index (χ0n) is 17.2. The lowest BCUT2D eigenvalue weighted by Crippen LogP contribution is -2.32. The topological polar surface area (TPSA) is 78.5 Å². The Labute approximate surface area is 208 Å². The number of rotatable bonds is 5. The van der Waals surface area contributed by atoms with E-state index in [1.165, 1.54) is 6.07 Å². The molecule has 2 N–H and O–H groups in total. The molecule has 33 heavy (non-hydrogen) atoms. The van der Waals surface area contributed by atoms with Crippen molar-refractivity contribution in [2.45, 2.75) is 6.92 Å². The van der Waals surface area contributed by atoms with Crippen molar-refractivity contribution >= 4 is 73.9 Å². The minimum Gasteiger partial charge on any atom is -0.350 e. The van der Waals surface area contributed by atoms with Crippen LogP contribution in [0.15, 0.2) is 81.9 Å². The highest BCUT2D eigenvalue weighted by Gasteiger charge is 2.39. The molecule has 1 heterocycles. The number of anilines is 3. The number of amides is 3. The highest BCUT2D eigenvalue weighted by atomic mass is 79.9. The molecule has 0 spiro atoms. The van der Waals surface area contributed by atoms with Gasteiger partial charge in [0.1, 0.15) is 10.7 Å². The molecule has 6 nitrogen and oxygen atoms in total. The molecule has 0 aromatic heterocycles. The fourth-order valence-electron chi connectivity index (χ4n) is 3.29. The van der Waals surface area contributed by atoms with E-state index in [9.17, 15) is 14.4 Å². The van der Waals surface area contributed by atoms with Crippen molar-refractivity contribution in [1.82, 2.24) is 0 Å². The third-order valence-electron chi connectivity index (χ3n) is 4.96. The summed E-state index contributed by atoms with van der Waals surface area (Å²) in [7, 11) is 0. The summed E-state index contributed by atoms with van der Waals surface area (Å²) in [5.41, 5.74) is 2.37. The molecule has 4 rings (SSSR count). The number of halogens is 3. The Balaban J connectivity index is 1.57. The standard InChI is InChI=1S/C24H16BrCl2N3O3/c1-13-9-10-15(26)12-19(13)30-23(32)20(27)21(24(30)33)28-16-6-4-5-14(11-16)22(31)29-18-8-3-2-7-17(18)25/h2-12,28H,1H3,(H,29,31). The van der Waals surface area contributed by atoms with Crippen LogP contribution in [0.25, 0.3) is 0 Å². The number of hydrogen-bond donors (Lipinski definition) is 2. The number of benzene rings is 3. The summed E-state index contributed by atoms with van der Waals surface area (Å²) < 4.78 is 0.746. The summed E-state index contributed by atoms with van der Waals surface area (Å²) in [5.74, 6) is -1.61. The number of hydrogen-bond acceptors (Lipinski definition) is 4. The average Bonchev–Trinajstić information content (AvgIpc) is 3.00. The molecule has 0 atom stereocenters. The highest BCUT2D eigenvalue weighted by molar-refractivity contribution is 9.10. The van der Waals surface area contributed by atoms with Crippen molar-refractivity contribution in [3.8, 4) is 0 Å². The summed E-state index contributed by atoms with van der Waals surface area (Å²) in [6, 6.07) is 18.7. The summed E-state index contributed by atoms with van der Waals surface area (Å²) in [5, 5.41) is 5.85. The normalized spacial score (nSPS) is 13.5. The predicted molar refractivity (Wildman–Crippen MR) is 134 cm³/mol. The second-order valence-electron chi connectivity index (χ2n) is 7.21. The van der Waals surface area contributed by atoms with Gasteiger partial charge in [-0.05, 0) is 70.9 Å². The highest BCUT2D eigenvalue weighted by Crippen LogP contribution is 2.33. The molecule has 3 aromatic carbocycles. The minimum absolute atomic E-state index is 0.0793. The zero-order valence-corrected chi connectivity index (χ0v) is 20.3. The van der Waals surface area contributed by atoms with Crippen molar-refractivity contribution in [1.29, 1.82) is 0 Å². The van der Waals surface area contributed by atoms with E-state index in [1.54, 1.807) is 49.4 Å². The second kappa shape index (κ2) is 9.39. The molecule has 0 aliphatic carbocycles. The maximum atomic E-state index is 13.1. The van der Waals surface area contributed by atoms with Crippen molar-refractivity contribution in [2.75, 3.05) is 15.5 Å². The number of nitrogens with zero attached hydrogens (tertiary/aromatic N) is 1. The molecule has 3 amide bonds. The summed E-state index contributed by atoms with van der Waals surface area (Å²) in [6.07, 6.45) is 0. The van der Waals surface area contributed by atoms with Gasteiger partial charge in [0.15, 0.2) is 0 Å². The Bertz CT molecular complexity index is 1340. The van der Waals surface area contributed by atoms with E-state index in [0.717, 1.165) is 9.37 Å². The van der Waals surface area contributed by atoms with E-state index in [0.29, 0.717) is 33.2 Å². The van der Waals surface area contributed by atoms with Crippen LogP contribution in [0.4, 0.5) is 17.1 Å². The Kier molecular flexibility index (Phi) is 6.56. The molecule has 3 aromatic rings. The van der Waals surface area contributed by atoms with E-state index in [4.69, 9.17) is 23.2 Å². The van der Waals surface area contributed by atoms with Gasteiger partial charge in [0.25, 0.3) is 17.7 Å². The summed E-state index contributed by atoms with van der Waals surface area (Å²) in [6.45, 7) is 1.76. The van der Waals surface area contributed by atoms with Crippen molar-refractivity contribution in [3.63, 3.8) is 0 Å². The molecule has 0 radical (unpaired) electrons. The van der Waals surface area contributed by atoms with E-state index in [1.807, 2.05) is 18.2 Å². The van der Waals surface area contributed by atoms with Gasteiger partial charge in [-0.3, -0.25) is 14.4 Å². The second-order valence-corrected chi connectivity index (χ2v) is 8.87. The van der Waals surface area contributed by atoms with Crippen LogP contribution < -0.4 is 15.5 Å². The first-order chi connectivity index (χ1) is 15.8. The lowest BCUT2D eigenvalue weighted by Gasteiger charge is -2.18. The molecule has 0 bridgehead atoms. The number of carbonyl (C=O) groups is 3. The largest absolute Gasteiger partial charge is 0.350 e. The third-order valence-corrected chi connectivity index (χ3v) is 6.23. The first kappa shape index (κ1) is 23.0. The molecule has 0 unspecified atom stereocenters. The van der Waals surface area contributed by atoms with Gasteiger partial charge in [0.2, 0.25) is 0 Å². The maximum absolute atomic E-state index is 13.1. The van der Waals surface area contributed by atoms with Gasteiger partial charge in [-0.15, -0.1) is 0 Å². The summed E-state index contributed by atoms with van der Waals surface area (Å²) in [4.78, 5) is 39.5. The quantitative estimate of drug-likeness (QED) is 0.380. The summed E-state index contributed by atoms with van der Waals surface area (Å²) >= 11 is 15.7. The molecule has 1 aliphatic heterocycles. The van der Waals surface area contributed by atoms with Gasteiger partial charge in [-0.1, -0.05) is 47.5 Å². The first-order valence-electron chi connectivity index (χ1n) is 9.74.